The van der Waals surface area contributed by atoms with Crippen molar-refractivity contribution in [1.29, 1.82) is 0 Å². The standard InChI is InChI=1S/C10H16O/c1-3-5-7-9-10(11-9)8-6-4-2/h7-8H,3-6H2,1-2H3. The number of hydrogen-bond donors (Lipinski definition) is 0. The van der Waals surface area contributed by atoms with E-state index in [1.54, 1.807) is 0 Å². The molecule has 1 heterocycles. The van der Waals surface area contributed by atoms with Gasteiger partial charge in [-0.15, -0.1) is 0 Å². The van der Waals surface area contributed by atoms with Crippen LogP contribution in [0.4, 0.5) is 0 Å². The molecule has 0 aromatic heterocycles. The van der Waals surface area contributed by atoms with Gasteiger partial charge in [-0.2, -0.15) is 0 Å². The van der Waals surface area contributed by atoms with Gasteiger partial charge in [-0.1, -0.05) is 26.7 Å². The molecule has 0 aliphatic carbocycles. The number of unbranched alkanes of at least 4 members (excludes halogenated alkanes) is 2. The molecule has 1 aliphatic rings. The molecular weight excluding hydrogens is 136 g/mol. The normalized spacial score (nSPS) is 22.4. The summed E-state index contributed by atoms with van der Waals surface area (Å²) < 4.78 is 5.24. The largest absolute Gasteiger partial charge is 0.450 e. The van der Waals surface area contributed by atoms with Crippen molar-refractivity contribution in [3.8, 4) is 0 Å². The number of allylic oxidation sites excluding steroid dienone is 2. The first-order valence-corrected chi connectivity index (χ1v) is 4.47. The van der Waals surface area contributed by atoms with Gasteiger partial charge in [0.2, 0.25) is 0 Å². The summed E-state index contributed by atoms with van der Waals surface area (Å²) >= 11 is 0. The number of ether oxygens (including phenoxy) is 1. The Kier molecular flexibility index (Phi) is 3.21. The molecular formula is C10H16O. The second-order valence-corrected chi connectivity index (χ2v) is 2.82. The zero-order valence-corrected chi connectivity index (χ0v) is 7.39. The number of hydrogen-bond acceptors (Lipinski definition) is 1. The van der Waals surface area contributed by atoms with Crippen molar-refractivity contribution in [3.05, 3.63) is 23.7 Å². The minimum Gasteiger partial charge on any atom is -0.450 e. The highest BCUT2D eigenvalue weighted by atomic mass is 16.6. The Balaban J connectivity index is 2.24. The van der Waals surface area contributed by atoms with Crippen LogP contribution in [0.2, 0.25) is 0 Å². The molecule has 1 nitrogen and oxygen atoms in total. The summed E-state index contributed by atoms with van der Waals surface area (Å²) in [5, 5.41) is 0. The first kappa shape index (κ1) is 8.38. The Bertz CT molecular complexity index is 157. The van der Waals surface area contributed by atoms with Crippen LogP contribution in [0.25, 0.3) is 0 Å². The molecule has 0 saturated carbocycles. The second-order valence-electron chi connectivity index (χ2n) is 2.82. The molecule has 0 unspecified atom stereocenters. The maximum absolute atomic E-state index is 5.24. The smallest absolute Gasteiger partial charge is 0.165 e. The topological polar surface area (TPSA) is 12.5 Å². The molecule has 1 saturated heterocycles. The Labute approximate surface area is 68.8 Å². The molecule has 1 heteroatoms. The zero-order valence-electron chi connectivity index (χ0n) is 7.39. The van der Waals surface area contributed by atoms with Crippen LogP contribution in [0, 0.1) is 0 Å². The van der Waals surface area contributed by atoms with Crippen molar-refractivity contribution in [2.24, 2.45) is 0 Å². The number of epoxide rings is 1. The van der Waals surface area contributed by atoms with Gasteiger partial charge in [0.25, 0.3) is 0 Å². The minimum atomic E-state index is 1.11. The van der Waals surface area contributed by atoms with Crippen LogP contribution in [0.1, 0.15) is 39.5 Å². The summed E-state index contributed by atoms with van der Waals surface area (Å²) in [5.74, 6) is 2.22. The fourth-order valence-electron chi connectivity index (χ4n) is 0.928. The summed E-state index contributed by atoms with van der Waals surface area (Å²) in [7, 11) is 0. The molecule has 0 N–H and O–H groups in total. The van der Waals surface area contributed by atoms with Gasteiger partial charge in [-0.25, -0.2) is 0 Å². The fourth-order valence-corrected chi connectivity index (χ4v) is 0.928. The summed E-state index contributed by atoms with van der Waals surface area (Å²) in [4.78, 5) is 0. The van der Waals surface area contributed by atoms with E-state index in [-0.39, 0.29) is 0 Å². The van der Waals surface area contributed by atoms with Gasteiger partial charge in [0.15, 0.2) is 11.5 Å². The average Bonchev–Trinajstić information content (AvgIpc) is 2.76. The first-order valence-electron chi connectivity index (χ1n) is 4.47. The van der Waals surface area contributed by atoms with E-state index in [1.165, 1.54) is 12.8 Å². The van der Waals surface area contributed by atoms with Gasteiger partial charge < -0.3 is 4.74 Å². The van der Waals surface area contributed by atoms with Crippen molar-refractivity contribution in [3.63, 3.8) is 0 Å². The van der Waals surface area contributed by atoms with E-state index in [0.717, 1.165) is 24.4 Å². The predicted molar refractivity (Wildman–Crippen MR) is 47.1 cm³/mol. The van der Waals surface area contributed by atoms with Crippen LogP contribution in [-0.4, -0.2) is 0 Å². The summed E-state index contributed by atoms with van der Waals surface area (Å²) in [6, 6.07) is 0. The molecule has 11 heavy (non-hydrogen) atoms. The van der Waals surface area contributed by atoms with Gasteiger partial charge in [-0.3, -0.25) is 0 Å². The highest BCUT2D eigenvalue weighted by molar-refractivity contribution is 5.34. The first-order chi connectivity index (χ1) is 5.38. The van der Waals surface area contributed by atoms with Gasteiger partial charge >= 0.3 is 0 Å². The molecule has 0 aromatic rings. The number of rotatable bonds is 4. The minimum absolute atomic E-state index is 1.11. The van der Waals surface area contributed by atoms with Crippen molar-refractivity contribution in [2.45, 2.75) is 39.5 Å². The van der Waals surface area contributed by atoms with Gasteiger partial charge in [0.05, 0.1) is 0 Å². The molecule has 62 valence electrons. The van der Waals surface area contributed by atoms with E-state index >= 15 is 0 Å². The van der Waals surface area contributed by atoms with Gasteiger partial charge in [0, 0.05) is 0 Å². The van der Waals surface area contributed by atoms with Crippen LogP contribution < -0.4 is 0 Å². The molecule has 1 rings (SSSR count). The van der Waals surface area contributed by atoms with E-state index in [9.17, 15) is 0 Å². The third-order valence-corrected chi connectivity index (χ3v) is 1.66. The van der Waals surface area contributed by atoms with E-state index in [0.29, 0.717) is 0 Å². The highest BCUT2D eigenvalue weighted by Crippen LogP contribution is 2.32. The quantitative estimate of drug-likeness (QED) is 0.562. The molecule has 1 aliphatic heterocycles. The van der Waals surface area contributed by atoms with E-state index in [4.69, 9.17) is 4.74 Å². The molecule has 1 fully saturated rings. The van der Waals surface area contributed by atoms with Crippen molar-refractivity contribution in [2.75, 3.05) is 0 Å². The van der Waals surface area contributed by atoms with Crippen LogP contribution in [0.5, 0.6) is 0 Å². The maximum Gasteiger partial charge on any atom is 0.165 e. The third kappa shape index (κ3) is 2.79. The van der Waals surface area contributed by atoms with Crippen molar-refractivity contribution < 1.29 is 4.74 Å². The molecule has 0 amide bonds. The fraction of sp³-hybridized carbons (Fsp3) is 0.600. The Morgan fingerprint density at radius 1 is 1.00 bits per heavy atom. The van der Waals surface area contributed by atoms with Gasteiger partial charge in [0.1, 0.15) is 0 Å². The lowest BCUT2D eigenvalue weighted by Gasteiger charge is -1.76. The lowest BCUT2D eigenvalue weighted by atomic mass is 10.3. The average molecular weight is 152 g/mol. The SMILES string of the molecule is CCCC=C1OC1=CCCC. The second kappa shape index (κ2) is 4.22. The molecule has 0 radical (unpaired) electrons. The molecule has 0 atom stereocenters. The van der Waals surface area contributed by atoms with Crippen LogP contribution >= 0.6 is 0 Å². The van der Waals surface area contributed by atoms with Crippen LogP contribution in [-0.2, 0) is 4.74 Å². The summed E-state index contributed by atoms with van der Waals surface area (Å²) in [6.45, 7) is 4.35. The monoisotopic (exact) mass is 152 g/mol. The predicted octanol–water partition coefficient (Wildman–Crippen LogP) is 3.38. The molecule has 0 aromatic carbocycles. The highest BCUT2D eigenvalue weighted by Gasteiger charge is 2.22. The summed E-state index contributed by atoms with van der Waals surface area (Å²) in [5.41, 5.74) is 0. The van der Waals surface area contributed by atoms with E-state index < -0.39 is 0 Å². The third-order valence-electron chi connectivity index (χ3n) is 1.66. The van der Waals surface area contributed by atoms with Crippen molar-refractivity contribution >= 4 is 0 Å². The van der Waals surface area contributed by atoms with E-state index in [1.807, 2.05) is 0 Å². The molecule has 0 bridgehead atoms. The lowest BCUT2D eigenvalue weighted by Crippen LogP contribution is -1.61. The Hall–Kier alpha value is -0.720. The zero-order chi connectivity index (χ0) is 8.10. The summed E-state index contributed by atoms with van der Waals surface area (Å²) in [6.07, 6.45) is 9.02. The maximum atomic E-state index is 5.24. The Morgan fingerprint density at radius 3 is 1.82 bits per heavy atom. The lowest BCUT2D eigenvalue weighted by molar-refractivity contribution is 0.549. The Morgan fingerprint density at radius 2 is 1.45 bits per heavy atom. The van der Waals surface area contributed by atoms with E-state index in [2.05, 4.69) is 26.0 Å². The van der Waals surface area contributed by atoms with Gasteiger partial charge in [-0.05, 0) is 25.0 Å². The molecule has 0 spiro atoms. The van der Waals surface area contributed by atoms with Crippen LogP contribution in [0.15, 0.2) is 23.7 Å². The van der Waals surface area contributed by atoms with Crippen LogP contribution in [0.3, 0.4) is 0 Å². The van der Waals surface area contributed by atoms with Crippen molar-refractivity contribution in [1.82, 2.24) is 0 Å².